The Bertz CT molecular complexity index is 283. The molecule has 1 saturated heterocycles. The van der Waals surface area contributed by atoms with Crippen LogP contribution in [0.5, 0.6) is 0 Å². The highest BCUT2D eigenvalue weighted by Gasteiger charge is 2.51. The molecule has 0 aromatic rings. The van der Waals surface area contributed by atoms with Gasteiger partial charge in [-0.15, -0.1) is 0 Å². The van der Waals surface area contributed by atoms with Crippen molar-refractivity contribution in [1.29, 1.82) is 0 Å². The van der Waals surface area contributed by atoms with Crippen LogP contribution in [0.3, 0.4) is 0 Å². The molecule has 5 heteroatoms. The lowest BCUT2D eigenvalue weighted by Gasteiger charge is -2.32. The first-order chi connectivity index (χ1) is 7.54. The van der Waals surface area contributed by atoms with Gasteiger partial charge in [0.15, 0.2) is 0 Å². The van der Waals surface area contributed by atoms with Crippen LogP contribution in [0.15, 0.2) is 0 Å². The number of alkyl halides is 2. The minimum atomic E-state index is -2.58. The molecule has 1 amide bonds. The van der Waals surface area contributed by atoms with Crippen LogP contribution in [0.1, 0.15) is 25.7 Å². The smallest absolute Gasteiger partial charge is 0.252 e. The second-order valence-electron chi connectivity index (χ2n) is 4.86. The number of nitrogens with two attached hydrogens (primary N) is 1. The van der Waals surface area contributed by atoms with Crippen LogP contribution in [0.25, 0.3) is 0 Å². The van der Waals surface area contributed by atoms with E-state index < -0.39 is 11.8 Å². The molecule has 0 bridgehead atoms. The largest absolute Gasteiger partial charge is 0.342 e. The van der Waals surface area contributed by atoms with E-state index in [1.54, 1.807) is 4.90 Å². The summed E-state index contributed by atoms with van der Waals surface area (Å²) in [6, 6.07) is 0. The zero-order valence-electron chi connectivity index (χ0n) is 9.29. The normalized spacial score (nSPS) is 32.6. The van der Waals surface area contributed by atoms with Crippen LogP contribution in [0, 0.1) is 11.8 Å². The molecule has 0 unspecified atom stereocenters. The molecule has 1 saturated carbocycles. The molecular weight excluding hydrogens is 214 g/mol. The van der Waals surface area contributed by atoms with Crippen molar-refractivity contribution in [3.05, 3.63) is 0 Å². The Morgan fingerprint density at radius 3 is 2.81 bits per heavy atom. The van der Waals surface area contributed by atoms with Crippen LogP contribution < -0.4 is 5.73 Å². The lowest BCUT2D eigenvalue weighted by Crippen LogP contribution is -2.38. The Morgan fingerprint density at radius 1 is 1.44 bits per heavy atom. The average molecular weight is 232 g/mol. The number of fused-ring (bicyclic) bond motifs is 1. The Balaban J connectivity index is 2.02. The van der Waals surface area contributed by atoms with Gasteiger partial charge in [0, 0.05) is 38.4 Å². The van der Waals surface area contributed by atoms with Gasteiger partial charge in [-0.3, -0.25) is 4.79 Å². The summed E-state index contributed by atoms with van der Waals surface area (Å²) >= 11 is 0. The number of nitrogens with zero attached hydrogens (tertiary/aromatic N) is 1. The molecule has 16 heavy (non-hydrogen) atoms. The fraction of sp³-hybridized carbons (Fsp3) is 0.909. The van der Waals surface area contributed by atoms with Crippen molar-refractivity contribution in [2.45, 2.75) is 31.6 Å². The molecule has 2 N–H and O–H groups in total. The van der Waals surface area contributed by atoms with Gasteiger partial charge in [0.25, 0.3) is 5.92 Å². The Kier molecular flexibility index (Phi) is 3.15. The van der Waals surface area contributed by atoms with Crippen molar-refractivity contribution in [3.63, 3.8) is 0 Å². The molecule has 2 fully saturated rings. The standard InChI is InChI=1S/C11H18F2N2O/c12-11(13)4-1-2-8-6-15(7-9(8)11)10(16)3-5-14/h8-9H,1-7,14H2/t8-,9-/m0/s1. The molecule has 0 spiro atoms. The minimum Gasteiger partial charge on any atom is -0.342 e. The van der Waals surface area contributed by atoms with Crippen LogP contribution in [0.4, 0.5) is 8.78 Å². The predicted octanol–water partition coefficient (Wildman–Crippen LogP) is 1.23. The third kappa shape index (κ3) is 2.05. The lowest BCUT2D eigenvalue weighted by atomic mass is 9.79. The Labute approximate surface area is 94.0 Å². The highest BCUT2D eigenvalue weighted by atomic mass is 19.3. The van der Waals surface area contributed by atoms with E-state index in [1.165, 1.54) is 0 Å². The second-order valence-corrected chi connectivity index (χ2v) is 4.86. The average Bonchev–Trinajstić information content (AvgIpc) is 2.63. The highest BCUT2D eigenvalue weighted by Crippen LogP contribution is 2.45. The topological polar surface area (TPSA) is 46.3 Å². The number of hydrogen-bond acceptors (Lipinski definition) is 2. The third-order valence-electron chi connectivity index (χ3n) is 3.78. The molecule has 2 atom stereocenters. The number of amides is 1. The number of hydrogen-bond donors (Lipinski definition) is 1. The molecule has 1 heterocycles. The molecule has 0 aromatic heterocycles. The van der Waals surface area contributed by atoms with Crippen molar-refractivity contribution in [1.82, 2.24) is 4.90 Å². The first-order valence-electron chi connectivity index (χ1n) is 5.90. The van der Waals surface area contributed by atoms with E-state index >= 15 is 0 Å². The Hall–Kier alpha value is -0.710. The maximum Gasteiger partial charge on any atom is 0.252 e. The van der Waals surface area contributed by atoms with E-state index in [1.807, 2.05) is 0 Å². The van der Waals surface area contributed by atoms with Crippen LogP contribution in [-0.2, 0) is 4.79 Å². The van der Waals surface area contributed by atoms with Gasteiger partial charge < -0.3 is 10.6 Å². The van der Waals surface area contributed by atoms with Crippen molar-refractivity contribution in [2.24, 2.45) is 17.6 Å². The van der Waals surface area contributed by atoms with E-state index in [9.17, 15) is 13.6 Å². The first kappa shape index (κ1) is 11.8. The van der Waals surface area contributed by atoms with Gasteiger partial charge in [-0.1, -0.05) is 0 Å². The number of halogens is 2. The molecule has 2 aliphatic rings. The zero-order valence-corrected chi connectivity index (χ0v) is 9.29. The number of carbonyl (C=O) groups is 1. The van der Waals surface area contributed by atoms with E-state index in [2.05, 4.69) is 0 Å². The summed E-state index contributed by atoms with van der Waals surface area (Å²) < 4.78 is 27.2. The zero-order chi connectivity index (χ0) is 11.8. The minimum absolute atomic E-state index is 0.00882. The van der Waals surface area contributed by atoms with Gasteiger partial charge in [-0.25, -0.2) is 8.78 Å². The summed E-state index contributed by atoms with van der Waals surface area (Å²) in [5.74, 6) is -3.29. The first-order valence-corrected chi connectivity index (χ1v) is 5.90. The summed E-state index contributed by atoms with van der Waals surface area (Å²) in [5.41, 5.74) is 5.30. The molecule has 0 radical (unpaired) electrons. The molecule has 2 rings (SSSR count). The van der Waals surface area contributed by atoms with Crippen LogP contribution >= 0.6 is 0 Å². The predicted molar refractivity (Wildman–Crippen MR) is 56.0 cm³/mol. The maximum atomic E-state index is 13.6. The molecule has 3 nitrogen and oxygen atoms in total. The fourth-order valence-electron chi connectivity index (χ4n) is 2.91. The third-order valence-corrected chi connectivity index (χ3v) is 3.78. The van der Waals surface area contributed by atoms with Crippen molar-refractivity contribution >= 4 is 5.91 Å². The van der Waals surface area contributed by atoms with E-state index in [-0.39, 0.29) is 31.2 Å². The second kappa shape index (κ2) is 4.28. The lowest BCUT2D eigenvalue weighted by molar-refractivity contribution is -0.130. The molecule has 1 aliphatic heterocycles. The summed E-state index contributed by atoms with van der Waals surface area (Å²) in [5, 5.41) is 0. The van der Waals surface area contributed by atoms with Gasteiger partial charge in [0.2, 0.25) is 5.91 Å². The number of rotatable bonds is 2. The van der Waals surface area contributed by atoms with Gasteiger partial charge in [0.05, 0.1) is 0 Å². The summed E-state index contributed by atoms with van der Waals surface area (Å²) in [4.78, 5) is 13.2. The van der Waals surface area contributed by atoms with Crippen LogP contribution in [-0.4, -0.2) is 36.4 Å². The number of carbonyl (C=O) groups excluding carboxylic acids is 1. The van der Waals surface area contributed by atoms with Gasteiger partial charge >= 0.3 is 0 Å². The number of likely N-dealkylation sites (tertiary alicyclic amines) is 1. The Morgan fingerprint density at radius 2 is 2.19 bits per heavy atom. The fourth-order valence-corrected chi connectivity index (χ4v) is 2.91. The van der Waals surface area contributed by atoms with Gasteiger partial charge in [-0.05, 0) is 18.8 Å². The monoisotopic (exact) mass is 232 g/mol. The van der Waals surface area contributed by atoms with Crippen molar-refractivity contribution in [3.8, 4) is 0 Å². The molecule has 1 aliphatic carbocycles. The van der Waals surface area contributed by atoms with Gasteiger partial charge in [0.1, 0.15) is 0 Å². The van der Waals surface area contributed by atoms with Gasteiger partial charge in [-0.2, -0.15) is 0 Å². The quantitative estimate of drug-likeness (QED) is 0.778. The van der Waals surface area contributed by atoms with E-state index in [0.29, 0.717) is 19.5 Å². The van der Waals surface area contributed by atoms with E-state index in [4.69, 9.17) is 5.73 Å². The highest BCUT2D eigenvalue weighted by molar-refractivity contribution is 5.76. The summed E-state index contributed by atoms with van der Waals surface area (Å²) in [7, 11) is 0. The van der Waals surface area contributed by atoms with Crippen molar-refractivity contribution in [2.75, 3.05) is 19.6 Å². The van der Waals surface area contributed by atoms with Crippen molar-refractivity contribution < 1.29 is 13.6 Å². The molecule has 0 aromatic carbocycles. The SMILES string of the molecule is NCCC(=O)N1C[C@@H]2CCCC(F)(F)[C@H]2C1. The maximum absolute atomic E-state index is 13.6. The van der Waals surface area contributed by atoms with E-state index in [0.717, 1.165) is 6.42 Å². The summed E-state index contributed by atoms with van der Waals surface area (Å²) in [6.45, 7) is 1.01. The summed E-state index contributed by atoms with van der Waals surface area (Å²) in [6.07, 6.45) is 1.65. The van der Waals surface area contributed by atoms with Crippen LogP contribution in [0.2, 0.25) is 0 Å². The molecule has 92 valence electrons. The molecular formula is C11H18F2N2O.